The van der Waals surface area contributed by atoms with E-state index in [1.807, 2.05) is 37.6 Å². The van der Waals surface area contributed by atoms with Crippen LogP contribution in [0.25, 0.3) is 0 Å². The Balaban J connectivity index is 2.36. The Labute approximate surface area is 130 Å². The number of nitrogens with one attached hydrogen (secondary N) is 2. The lowest BCUT2D eigenvalue weighted by Crippen LogP contribution is -2.01. The molecule has 0 bridgehead atoms. The van der Waals surface area contributed by atoms with Crippen molar-refractivity contribution in [3.63, 3.8) is 0 Å². The minimum Gasteiger partial charge on any atom is -0.495 e. The van der Waals surface area contributed by atoms with Crippen molar-refractivity contribution in [1.82, 2.24) is 9.97 Å². The van der Waals surface area contributed by atoms with Gasteiger partial charge < -0.3 is 15.4 Å². The first-order chi connectivity index (χ1) is 9.66. The van der Waals surface area contributed by atoms with E-state index in [1.54, 1.807) is 7.11 Å². The van der Waals surface area contributed by atoms with Crippen molar-refractivity contribution in [2.24, 2.45) is 0 Å². The molecular weight excluding hydrogens is 340 g/mol. The van der Waals surface area contributed by atoms with Crippen LogP contribution in [0.15, 0.2) is 33.9 Å². The number of benzene rings is 1. The number of ether oxygens (including phenoxy) is 1. The lowest BCUT2D eigenvalue weighted by molar-refractivity contribution is 0.416. The molecule has 20 heavy (non-hydrogen) atoms. The number of nitrogens with zero attached hydrogens (tertiary/aromatic N) is 2. The van der Waals surface area contributed by atoms with Crippen molar-refractivity contribution in [3.05, 3.63) is 28.7 Å². The molecule has 1 aromatic heterocycles. The maximum absolute atomic E-state index is 5.34. The molecule has 5 nitrogen and oxygen atoms in total. The molecule has 0 unspecified atom stereocenters. The normalized spacial score (nSPS) is 10.2. The minimum absolute atomic E-state index is 0.702. The van der Waals surface area contributed by atoms with Gasteiger partial charge in [0.25, 0.3) is 0 Å². The summed E-state index contributed by atoms with van der Waals surface area (Å²) in [6.07, 6.45) is 1.94. The van der Waals surface area contributed by atoms with Gasteiger partial charge in [-0.25, -0.2) is 9.97 Å². The number of hydrogen-bond donors (Lipinski definition) is 2. The second kappa shape index (κ2) is 6.81. The van der Waals surface area contributed by atoms with Crippen molar-refractivity contribution in [1.29, 1.82) is 0 Å². The summed E-state index contributed by atoms with van der Waals surface area (Å²) in [7, 11) is 3.47. The van der Waals surface area contributed by atoms with Crippen molar-refractivity contribution in [3.8, 4) is 5.75 Å². The third kappa shape index (κ3) is 3.55. The Bertz CT molecular complexity index is 587. The predicted octanol–water partition coefficient (Wildman–Crippen LogP) is 3.75. The molecule has 1 aromatic carbocycles. The Morgan fingerprint density at radius 3 is 2.60 bits per heavy atom. The zero-order chi connectivity index (χ0) is 14.5. The lowest BCUT2D eigenvalue weighted by Gasteiger charge is -2.12. The van der Waals surface area contributed by atoms with Gasteiger partial charge in [0.05, 0.1) is 12.8 Å². The van der Waals surface area contributed by atoms with E-state index in [0.29, 0.717) is 11.0 Å². The molecule has 106 valence electrons. The Morgan fingerprint density at radius 1 is 1.20 bits per heavy atom. The van der Waals surface area contributed by atoms with Crippen LogP contribution in [-0.2, 0) is 0 Å². The molecule has 2 aromatic rings. The zero-order valence-corrected chi connectivity index (χ0v) is 13.8. The van der Waals surface area contributed by atoms with Gasteiger partial charge in [-0.3, -0.25) is 0 Å². The van der Waals surface area contributed by atoms with Crippen LogP contribution in [0.1, 0.15) is 0 Å². The summed E-state index contributed by atoms with van der Waals surface area (Å²) < 4.78 is 6.30. The smallest absolute Gasteiger partial charge is 0.191 e. The third-order valence-corrected chi connectivity index (χ3v) is 3.61. The Hall–Kier alpha value is -1.47. The van der Waals surface area contributed by atoms with E-state index >= 15 is 0 Å². The maximum Gasteiger partial charge on any atom is 0.191 e. The fourth-order valence-electron chi connectivity index (χ4n) is 1.62. The highest BCUT2D eigenvalue weighted by molar-refractivity contribution is 9.10. The summed E-state index contributed by atoms with van der Waals surface area (Å²) in [5.41, 5.74) is 0.842. The van der Waals surface area contributed by atoms with Crippen LogP contribution in [-0.4, -0.2) is 30.4 Å². The first kappa shape index (κ1) is 14.9. The molecule has 2 N–H and O–H groups in total. The van der Waals surface area contributed by atoms with Gasteiger partial charge in [0.1, 0.15) is 17.4 Å². The highest BCUT2D eigenvalue weighted by Crippen LogP contribution is 2.31. The highest BCUT2D eigenvalue weighted by atomic mass is 79.9. The summed E-state index contributed by atoms with van der Waals surface area (Å²) in [6, 6.07) is 7.61. The quantitative estimate of drug-likeness (QED) is 0.629. The topological polar surface area (TPSA) is 59.1 Å². The van der Waals surface area contributed by atoms with E-state index in [0.717, 1.165) is 21.7 Å². The first-order valence-corrected chi connectivity index (χ1v) is 7.89. The fraction of sp³-hybridized carbons (Fsp3) is 0.231. The molecule has 0 saturated carbocycles. The lowest BCUT2D eigenvalue weighted by atomic mass is 10.3. The first-order valence-electron chi connectivity index (χ1n) is 5.87. The summed E-state index contributed by atoms with van der Waals surface area (Å²) in [4.78, 5) is 8.76. The van der Waals surface area contributed by atoms with Gasteiger partial charge in [-0.05, 0) is 24.5 Å². The van der Waals surface area contributed by atoms with Crippen LogP contribution in [0.2, 0.25) is 0 Å². The predicted molar refractivity (Wildman–Crippen MR) is 87.3 cm³/mol. The van der Waals surface area contributed by atoms with Crippen molar-refractivity contribution in [2.75, 3.05) is 31.0 Å². The average molecular weight is 355 g/mol. The second-order valence-corrected chi connectivity index (χ2v) is 5.53. The van der Waals surface area contributed by atoms with E-state index in [1.165, 1.54) is 11.8 Å². The molecule has 7 heteroatoms. The number of anilines is 3. The van der Waals surface area contributed by atoms with Gasteiger partial charge in [0.2, 0.25) is 0 Å². The molecule has 2 rings (SSSR count). The van der Waals surface area contributed by atoms with Gasteiger partial charge in [0, 0.05) is 17.6 Å². The van der Waals surface area contributed by atoms with Gasteiger partial charge in [-0.2, -0.15) is 0 Å². The summed E-state index contributed by atoms with van der Waals surface area (Å²) in [5, 5.41) is 6.98. The SMILES string of the molecule is CNc1cc(Nc2cc(Br)ccc2OC)nc(SC)n1. The summed E-state index contributed by atoms with van der Waals surface area (Å²) in [5.74, 6) is 2.23. The fourth-order valence-corrected chi connectivity index (χ4v) is 2.36. The van der Waals surface area contributed by atoms with Gasteiger partial charge in [0.15, 0.2) is 5.16 Å². The van der Waals surface area contributed by atoms with E-state index in [-0.39, 0.29) is 0 Å². The van der Waals surface area contributed by atoms with E-state index in [4.69, 9.17) is 4.74 Å². The molecule has 0 aliphatic heterocycles. The number of hydrogen-bond acceptors (Lipinski definition) is 6. The molecule has 0 spiro atoms. The average Bonchev–Trinajstić information content (AvgIpc) is 2.47. The summed E-state index contributed by atoms with van der Waals surface area (Å²) >= 11 is 4.94. The highest BCUT2D eigenvalue weighted by Gasteiger charge is 2.07. The largest absolute Gasteiger partial charge is 0.495 e. The van der Waals surface area contributed by atoms with Crippen LogP contribution >= 0.6 is 27.7 Å². The monoisotopic (exact) mass is 354 g/mol. The van der Waals surface area contributed by atoms with Crippen LogP contribution in [0, 0.1) is 0 Å². The van der Waals surface area contributed by atoms with Gasteiger partial charge in [-0.15, -0.1) is 0 Å². The number of methoxy groups -OCH3 is 1. The van der Waals surface area contributed by atoms with E-state index in [9.17, 15) is 0 Å². The van der Waals surface area contributed by atoms with E-state index in [2.05, 4.69) is 36.5 Å². The second-order valence-electron chi connectivity index (χ2n) is 3.84. The van der Waals surface area contributed by atoms with Crippen LogP contribution < -0.4 is 15.4 Å². The van der Waals surface area contributed by atoms with Crippen molar-refractivity contribution in [2.45, 2.75) is 5.16 Å². The number of rotatable bonds is 5. The molecule has 0 fully saturated rings. The number of halogens is 1. The van der Waals surface area contributed by atoms with Crippen LogP contribution in [0.3, 0.4) is 0 Å². The molecule has 0 atom stereocenters. The molecule has 0 amide bonds. The summed E-state index contributed by atoms with van der Waals surface area (Å²) in [6.45, 7) is 0. The molecule has 0 aliphatic rings. The van der Waals surface area contributed by atoms with E-state index < -0.39 is 0 Å². The van der Waals surface area contributed by atoms with Gasteiger partial charge in [-0.1, -0.05) is 27.7 Å². The Kier molecular flexibility index (Phi) is 5.08. The number of aromatic nitrogens is 2. The molecule has 0 aliphatic carbocycles. The number of thioether (sulfide) groups is 1. The Morgan fingerprint density at radius 2 is 1.95 bits per heavy atom. The molecule has 0 radical (unpaired) electrons. The van der Waals surface area contributed by atoms with Gasteiger partial charge >= 0.3 is 0 Å². The molecule has 1 heterocycles. The third-order valence-electron chi connectivity index (χ3n) is 2.57. The van der Waals surface area contributed by atoms with Crippen LogP contribution in [0.5, 0.6) is 5.75 Å². The van der Waals surface area contributed by atoms with Crippen LogP contribution in [0.4, 0.5) is 17.3 Å². The molecule has 0 saturated heterocycles. The standard InChI is InChI=1S/C13H15BrN4OS/c1-15-11-7-12(18-13(17-11)20-3)16-9-6-8(14)4-5-10(9)19-2/h4-7H,1-3H3,(H2,15,16,17,18). The molecular formula is C13H15BrN4OS. The minimum atomic E-state index is 0.702. The maximum atomic E-state index is 5.34. The van der Waals surface area contributed by atoms with Crippen molar-refractivity contribution >= 4 is 45.0 Å². The van der Waals surface area contributed by atoms with Crippen molar-refractivity contribution < 1.29 is 4.74 Å². The zero-order valence-electron chi connectivity index (χ0n) is 11.4.